The first-order chi connectivity index (χ1) is 16.8. The fourth-order valence-electron chi connectivity index (χ4n) is 4.04. The number of carbonyl (C=O) groups is 1. The van der Waals surface area contributed by atoms with Crippen LogP contribution in [0, 0.1) is 5.95 Å². The SMILES string of the molecule is CC(C)(C)NSc1cc(NC(=O)NCc2ccccc2)ccc1-c1sc(C2CCCCC2)nc1F. The highest BCUT2D eigenvalue weighted by Crippen LogP contribution is 2.42. The molecule has 1 aliphatic carbocycles. The molecule has 0 radical (unpaired) electrons. The van der Waals surface area contributed by atoms with E-state index in [9.17, 15) is 4.79 Å². The number of benzene rings is 2. The van der Waals surface area contributed by atoms with Gasteiger partial charge in [0, 0.05) is 34.1 Å². The number of thiazole rings is 1. The molecule has 0 saturated heterocycles. The monoisotopic (exact) mass is 512 g/mol. The van der Waals surface area contributed by atoms with Crippen LogP contribution in [-0.2, 0) is 6.54 Å². The normalized spacial score (nSPS) is 14.6. The van der Waals surface area contributed by atoms with Gasteiger partial charge in [-0.1, -0.05) is 55.7 Å². The zero-order valence-electron chi connectivity index (χ0n) is 20.5. The Hall–Kier alpha value is -2.42. The van der Waals surface area contributed by atoms with E-state index < -0.39 is 5.95 Å². The molecular weight excluding hydrogens is 479 g/mol. The van der Waals surface area contributed by atoms with Crippen LogP contribution >= 0.6 is 23.3 Å². The average Bonchev–Trinajstić information content (AvgIpc) is 3.23. The number of halogens is 1. The molecule has 3 N–H and O–H groups in total. The summed E-state index contributed by atoms with van der Waals surface area (Å²) in [5.74, 6) is -0.0513. The highest BCUT2D eigenvalue weighted by Gasteiger charge is 2.24. The molecule has 0 bridgehead atoms. The Kier molecular flexibility index (Phi) is 8.46. The largest absolute Gasteiger partial charge is 0.334 e. The summed E-state index contributed by atoms with van der Waals surface area (Å²) in [5, 5.41) is 6.68. The van der Waals surface area contributed by atoms with Crippen LogP contribution < -0.4 is 15.4 Å². The van der Waals surface area contributed by atoms with Crippen LogP contribution in [0.2, 0.25) is 0 Å². The lowest BCUT2D eigenvalue weighted by atomic mass is 9.90. The van der Waals surface area contributed by atoms with Gasteiger partial charge in [0.1, 0.15) is 0 Å². The summed E-state index contributed by atoms with van der Waals surface area (Å²) in [6.45, 7) is 6.67. The minimum Gasteiger partial charge on any atom is -0.334 e. The lowest BCUT2D eigenvalue weighted by Gasteiger charge is -2.21. The van der Waals surface area contributed by atoms with Crippen LogP contribution in [0.3, 0.4) is 0 Å². The van der Waals surface area contributed by atoms with E-state index in [0.29, 0.717) is 23.0 Å². The van der Waals surface area contributed by atoms with Gasteiger partial charge < -0.3 is 10.6 Å². The van der Waals surface area contributed by atoms with Crippen molar-refractivity contribution in [3.63, 3.8) is 0 Å². The molecule has 1 heterocycles. The van der Waals surface area contributed by atoms with E-state index in [-0.39, 0.29) is 11.6 Å². The standard InChI is InChI=1S/C27H33FN4OS2/c1-27(2,3)32-35-22-16-20(30-26(33)29-17-18-10-6-4-7-11-18)14-15-21(22)23-24(28)31-25(34-23)19-12-8-5-9-13-19/h4,6-7,10-11,14-16,19,32H,5,8-9,12-13,17H2,1-3H3,(H2,29,30,33). The number of nitrogens with one attached hydrogen (secondary N) is 3. The summed E-state index contributed by atoms with van der Waals surface area (Å²) >= 11 is 2.91. The Morgan fingerprint density at radius 2 is 1.86 bits per heavy atom. The molecule has 1 aromatic heterocycles. The molecule has 0 spiro atoms. The van der Waals surface area contributed by atoms with Crippen molar-refractivity contribution < 1.29 is 9.18 Å². The van der Waals surface area contributed by atoms with Crippen molar-refractivity contribution >= 4 is 35.0 Å². The number of rotatable bonds is 7. The third-order valence-corrected chi connectivity index (χ3v) is 8.30. The fraction of sp³-hybridized carbons (Fsp3) is 0.407. The van der Waals surface area contributed by atoms with Gasteiger partial charge in [-0.15, -0.1) is 11.3 Å². The van der Waals surface area contributed by atoms with E-state index in [4.69, 9.17) is 0 Å². The quantitative estimate of drug-likeness (QED) is 0.284. The maximum absolute atomic E-state index is 15.1. The first kappa shape index (κ1) is 25.7. The lowest BCUT2D eigenvalue weighted by Crippen LogP contribution is -2.30. The van der Waals surface area contributed by atoms with Crippen molar-refractivity contribution in [1.29, 1.82) is 0 Å². The number of hydrogen-bond donors (Lipinski definition) is 3. The summed E-state index contributed by atoms with van der Waals surface area (Å²) in [6, 6.07) is 15.1. The van der Waals surface area contributed by atoms with Gasteiger partial charge in [0.2, 0.25) is 5.95 Å². The van der Waals surface area contributed by atoms with E-state index in [1.54, 1.807) is 0 Å². The van der Waals surface area contributed by atoms with Crippen LogP contribution in [-0.4, -0.2) is 16.6 Å². The Labute approximate surface area is 215 Å². The molecular formula is C27H33FN4OS2. The molecule has 4 rings (SSSR count). The molecule has 35 heavy (non-hydrogen) atoms. The maximum atomic E-state index is 15.1. The molecule has 1 fully saturated rings. The van der Waals surface area contributed by atoms with Crippen LogP contribution in [0.5, 0.6) is 0 Å². The van der Waals surface area contributed by atoms with Crippen molar-refractivity contribution in [1.82, 2.24) is 15.0 Å². The summed E-state index contributed by atoms with van der Waals surface area (Å²) in [7, 11) is 0. The van der Waals surface area contributed by atoms with Crippen molar-refractivity contribution in [2.24, 2.45) is 0 Å². The first-order valence-electron chi connectivity index (χ1n) is 12.1. The second kappa shape index (κ2) is 11.5. The van der Waals surface area contributed by atoms with E-state index in [1.165, 1.54) is 42.5 Å². The number of amides is 2. The van der Waals surface area contributed by atoms with Gasteiger partial charge in [-0.25, -0.2) is 9.78 Å². The summed E-state index contributed by atoms with van der Waals surface area (Å²) in [6.07, 6.45) is 5.79. The highest BCUT2D eigenvalue weighted by atomic mass is 32.2. The predicted octanol–water partition coefficient (Wildman–Crippen LogP) is 7.71. The smallest absolute Gasteiger partial charge is 0.319 e. The molecule has 1 aliphatic rings. The minimum absolute atomic E-state index is 0.141. The summed E-state index contributed by atoms with van der Waals surface area (Å²) in [4.78, 5) is 18.2. The van der Waals surface area contributed by atoms with Gasteiger partial charge in [-0.2, -0.15) is 4.39 Å². The fourth-order valence-corrected chi connectivity index (χ4v) is 6.14. The molecule has 8 heteroatoms. The van der Waals surface area contributed by atoms with Gasteiger partial charge in [-0.05, 0) is 63.3 Å². The zero-order valence-corrected chi connectivity index (χ0v) is 22.1. The molecule has 3 aromatic rings. The third-order valence-electron chi connectivity index (χ3n) is 5.80. The molecule has 186 valence electrons. The molecule has 0 atom stereocenters. The molecule has 0 unspecified atom stereocenters. The van der Waals surface area contributed by atoms with Gasteiger partial charge in [0.15, 0.2) is 0 Å². The number of urea groups is 1. The first-order valence-corrected chi connectivity index (χ1v) is 13.8. The van der Waals surface area contributed by atoms with E-state index >= 15 is 4.39 Å². The van der Waals surface area contributed by atoms with E-state index in [2.05, 4.69) is 41.1 Å². The molecule has 1 saturated carbocycles. The van der Waals surface area contributed by atoms with Gasteiger partial charge in [0.05, 0.1) is 9.88 Å². The zero-order chi connectivity index (χ0) is 24.8. The Morgan fingerprint density at radius 1 is 1.11 bits per heavy atom. The number of aromatic nitrogens is 1. The number of nitrogens with zero attached hydrogens (tertiary/aromatic N) is 1. The number of hydrogen-bond acceptors (Lipinski definition) is 5. The Bertz CT molecular complexity index is 1140. The van der Waals surface area contributed by atoms with Crippen molar-refractivity contribution in [3.8, 4) is 10.4 Å². The van der Waals surface area contributed by atoms with E-state index in [0.717, 1.165) is 33.9 Å². The molecule has 5 nitrogen and oxygen atoms in total. The highest BCUT2D eigenvalue weighted by molar-refractivity contribution is 7.97. The topological polar surface area (TPSA) is 66.0 Å². The second-order valence-electron chi connectivity index (χ2n) is 9.97. The molecule has 2 amide bonds. The number of carbonyl (C=O) groups excluding carboxylic acids is 1. The Balaban J connectivity index is 1.54. The van der Waals surface area contributed by atoms with Crippen molar-refractivity contribution in [3.05, 3.63) is 65.0 Å². The molecule has 0 aliphatic heterocycles. The van der Waals surface area contributed by atoms with Crippen molar-refractivity contribution in [2.75, 3.05) is 5.32 Å². The summed E-state index contributed by atoms with van der Waals surface area (Å²) < 4.78 is 18.5. The van der Waals surface area contributed by atoms with Gasteiger partial charge >= 0.3 is 6.03 Å². The van der Waals surface area contributed by atoms with Gasteiger partial charge in [0.25, 0.3) is 0 Å². The Morgan fingerprint density at radius 3 is 2.57 bits per heavy atom. The summed E-state index contributed by atoms with van der Waals surface area (Å²) in [5.41, 5.74) is 2.32. The van der Waals surface area contributed by atoms with Crippen LogP contribution in [0.1, 0.15) is 69.4 Å². The van der Waals surface area contributed by atoms with Gasteiger partial charge in [-0.3, -0.25) is 4.72 Å². The average molecular weight is 513 g/mol. The van der Waals surface area contributed by atoms with Crippen molar-refractivity contribution in [2.45, 2.75) is 75.8 Å². The molecule has 2 aromatic carbocycles. The van der Waals surface area contributed by atoms with Crippen LogP contribution in [0.25, 0.3) is 10.4 Å². The lowest BCUT2D eigenvalue weighted by molar-refractivity contribution is 0.251. The van der Waals surface area contributed by atoms with Crippen LogP contribution in [0.15, 0.2) is 53.4 Å². The third kappa shape index (κ3) is 7.29. The predicted molar refractivity (Wildman–Crippen MR) is 144 cm³/mol. The second-order valence-corrected chi connectivity index (χ2v) is 11.8. The minimum atomic E-state index is -0.408. The van der Waals surface area contributed by atoms with Crippen LogP contribution in [0.4, 0.5) is 14.9 Å². The number of anilines is 1. The van der Waals surface area contributed by atoms with E-state index in [1.807, 2.05) is 48.5 Å². The maximum Gasteiger partial charge on any atom is 0.319 e.